The predicted octanol–water partition coefficient (Wildman–Crippen LogP) is 1.48. The first-order valence-electron chi connectivity index (χ1n) is 5.44. The fourth-order valence-electron chi connectivity index (χ4n) is 1.97. The number of nitrogens with zero attached hydrogens (tertiary/aromatic N) is 2. The molecule has 2 heterocycles. The molecule has 15 heavy (non-hydrogen) atoms. The lowest BCUT2D eigenvalue weighted by Gasteiger charge is -2.11. The van der Waals surface area contributed by atoms with Crippen molar-refractivity contribution in [1.82, 2.24) is 9.55 Å². The van der Waals surface area contributed by atoms with E-state index in [1.54, 1.807) is 6.92 Å². The molecule has 4 nitrogen and oxygen atoms in total. The second-order valence-electron chi connectivity index (χ2n) is 4.24. The van der Waals surface area contributed by atoms with Crippen LogP contribution >= 0.6 is 0 Å². The Balaban J connectivity index is 2.09. The standard InChI is InChI=1S/C11H16N2O2/c1-8(11(14)15)6-9-7-13-5-3-2-4-10(13)12-9/h7-8H,2-6H2,1H3,(H,14,15). The van der Waals surface area contributed by atoms with Gasteiger partial charge in [-0.3, -0.25) is 4.79 Å². The van der Waals surface area contributed by atoms with Gasteiger partial charge >= 0.3 is 5.97 Å². The van der Waals surface area contributed by atoms with E-state index in [0.29, 0.717) is 6.42 Å². The quantitative estimate of drug-likeness (QED) is 0.818. The van der Waals surface area contributed by atoms with Crippen LogP contribution in [0.15, 0.2) is 6.20 Å². The van der Waals surface area contributed by atoms with Gasteiger partial charge in [-0.1, -0.05) is 6.92 Å². The van der Waals surface area contributed by atoms with E-state index in [2.05, 4.69) is 9.55 Å². The van der Waals surface area contributed by atoms with Crippen LogP contribution in [0.5, 0.6) is 0 Å². The van der Waals surface area contributed by atoms with E-state index in [1.807, 2.05) is 6.20 Å². The van der Waals surface area contributed by atoms with Crippen molar-refractivity contribution in [3.8, 4) is 0 Å². The molecular weight excluding hydrogens is 192 g/mol. The normalized spacial score (nSPS) is 17.1. The zero-order valence-electron chi connectivity index (χ0n) is 8.94. The van der Waals surface area contributed by atoms with Crippen LogP contribution < -0.4 is 0 Å². The minimum atomic E-state index is -0.749. The first-order chi connectivity index (χ1) is 7.16. The van der Waals surface area contributed by atoms with Crippen LogP contribution in [0.25, 0.3) is 0 Å². The Morgan fingerprint density at radius 1 is 1.67 bits per heavy atom. The van der Waals surface area contributed by atoms with Crippen LogP contribution in [-0.4, -0.2) is 20.6 Å². The third-order valence-electron chi connectivity index (χ3n) is 2.90. The van der Waals surface area contributed by atoms with Crippen molar-refractivity contribution in [2.75, 3.05) is 0 Å². The Bertz CT molecular complexity index is 347. The molecule has 2 rings (SSSR count). The van der Waals surface area contributed by atoms with Crippen molar-refractivity contribution in [3.05, 3.63) is 17.7 Å². The first kappa shape index (κ1) is 10.2. The predicted molar refractivity (Wildman–Crippen MR) is 55.7 cm³/mol. The van der Waals surface area contributed by atoms with Gasteiger partial charge in [0.25, 0.3) is 0 Å². The molecule has 0 saturated heterocycles. The Labute approximate surface area is 88.9 Å². The highest BCUT2D eigenvalue weighted by Crippen LogP contribution is 2.16. The van der Waals surface area contributed by atoms with Gasteiger partial charge in [-0.05, 0) is 12.8 Å². The van der Waals surface area contributed by atoms with Crippen LogP contribution in [0.1, 0.15) is 31.3 Å². The van der Waals surface area contributed by atoms with E-state index in [4.69, 9.17) is 5.11 Å². The third-order valence-corrected chi connectivity index (χ3v) is 2.90. The molecule has 0 radical (unpaired) electrons. The van der Waals surface area contributed by atoms with Gasteiger partial charge in [0.15, 0.2) is 0 Å². The SMILES string of the molecule is CC(Cc1cn2c(n1)CCCC2)C(=O)O. The molecule has 1 atom stereocenters. The minimum Gasteiger partial charge on any atom is -0.481 e. The van der Waals surface area contributed by atoms with Crippen LogP contribution in [0.4, 0.5) is 0 Å². The summed E-state index contributed by atoms with van der Waals surface area (Å²) in [7, 11) is 0. The van der Waals surface area contributed by atoms with E-state index in [9.17, 15) is 4.79 Å². The summed E-state index contributed by atoms with van der Waals surface area (Å²) in [4.78, 5) is 15.2. The maximum absolute atomic E-state index is 10.7. The highest BCUT2D eigenvalue weighted by molar-refractivity contribution is 5.69. The zero-order valence-corrected chi connectivity index (χ0v) is 8.94. The maximum atomic E-state index is 10.7. The number of fused-ring (bicyclic) bond motifs is 1. The topological polar surface area (TPSA) is 55.1 Å². The molecule has 1 aromatic heterocycles. The van der Waals surface area contributed by atoms with Crippen molar-refractivity contribution < 1.29 is 9.90 Å². The molecule has 4 heteroatoms. The average molecular weight is 208 g/mol. The number of imidazole rings is 1. The number of carbonyl (C=O) groups is 1. The summed E-state index contributed by atoms with van der Waals surface area (Å²) in [6.07, 6.45) is 5.98. The fraction of sp³-hybridized carbons (Fsp3) is 0.636. The summed E-state index contributed by atoms with van der Waals surface area (Å²) in [5.74, 6) is 0.0248. The molecule has 1 aliphatic rings. The second-order valence-corrected chi connectivity index (χ2v) is 4.24. The highest BCUT2D eigenvalue weighted by atomic mass is 16.4. The zero-order chi connectivity index (χ0) is 10.8. The Kier molecular flexibility index (Phi) is 2.75. The van der Waals surface area contributed by atoms with Gasteiger partial charge in [0.2, 0.25) is 0 Å². The molecule has 0 saturated carbocycles. The van der Waals surface area contributed by atoms with Gasteiger partial charge < -0.3 is 9.67 Å². The molecule has 1 N–H and O–H groups in total. The molecule has 0 bridgehead atoms. The molecule has 82 valence electrons. The molecule has 0 spiro atoms. The summed E-state index contributed by atoms with van der Waals surface area (Å²) in [6, 6.07) is 0. The van der Waals surface area contributed by atoms with Gasteiger partial charge in [-0.25, -0.2) is 4.98 Å². The second kappa shape index (κ2) is 4.04. The van der Waals surface area contributed by atoms with Crippen molar-refractivity contribution in [1.29, 1.82) is 0 Å². The van der Waals surface area contributed by atoms with Gasteiger partial charge in [-0.2, -0.15) is 0 Å². The largest absolute Gasteiger partial charge is 0.481 e. The van der Waals surface area contributed by atoms with Crippen LogP contribution in [0, 0.1) is 5.92 Å². The minimum absolute atomic E-state index is 0.345. The molecule has 1 aliphatic heterocycles. The lowest BCUT2D eigenvalue weighted by Crippen LogP contribution is -2.12. The summed E-state index contributed by atoms with van der Waals surface area (Å²) in [5.41, 5.74) is 0.918. The van der Waals surface area contributed by atoms with E-state index < -0.39 is 5.97 Å². The van der Waals surface area contributed by atoms with Crippen molar-refractivity contribution in [2.24, 2.45) is 5.92 Å². The lowest BCUT2D eigenvalue weighted by atomic mass is 10.1. The smallest absolute Gasteiger partial charge is 0.306 e. The van der Waals surface area contributed by atoms with Crippen molar-refractivity contribution >= 4 is 5.97 Å². The number of hydrogen-bond acceptors (Lipinski definition) is 2. The molecule has 1 aromatic rings. The van der Waals surface area contributed by atoms with Gasteiger partial charge in [0, 0.05) is 25.6 Å². The molecule has 1 unspecified atom stereocenters. The van der Waals surface area contributed by atoms with Gasteiger partial charge in [-0.15, -0.1) is 0 Å². The van der Waals surface area contributed by atoms with Crippen molar-refractivity contribution in [3.63, 3.8) is 0 Å². The first-order valence-corrected chi connectivity index (χ1v) is 5.44. The van der Waals surface area contributed by atoms with Crippen LogP contribution in [0.3, 0.4) is 0 Å². The van der Waals surface area contributed by atoms with Gasteiger partial charge in [0.05, 0.1) is 11.6 Å². The monoisotopic (exact) mass is 208 g/mol. The lowest BCUT2D eigenvalue weighted by molar-refractivity contribution is -0.141. The number of hydrogen-bond donors (Lipinski definition) is 1. The van der Waals surface area contributed by atoms with E-state index >= 15 is 0 Å². The Morgan fingerprint density at radius 3 is 3.13 bits per heavy atom. The molecular formula is C11H16N2O2. The number of carboxylic acid groups (broad SMARTS) is 1. The molecule has 0 amide bonds. The molecule has 0 fully saturated rings. The van der Waals surface area contributed by atoms with Crippen molar-refractivity contribution in [2.45, 2.75) is 39.2 Å². The summed E-state index contributed by atoms with van der Waals surface area (Å²) in [6.45, 7) is 2.75. The summed E-state index contributed by atoms with van der Waals surface area (Å²) < 4.78 is 2.16. The summed E-state index contributed by atoms with van der Waals surface area (Å²) in [5, 5.41) is 8.81. The van der Waals surface area contributed by atoms with Crippen LogP contribution in [0.2, 0.25) is 0 Å². The van der Waals surface area contributed by atoms with Gasteiger partial charge in [0.1, 0.15) is 5.82 Å². The average Bonchev–Trinajstić information content (AvgIpc) is 2.59. The molecule has 0 aromatic carbocycles. The van der Waals surface area contributed by atoms with Crippen LogP contribution in [-0.2, 0) is 24.2 Å². The number of aryl methyl sites for hydroxylation is 2. The van der Waals surface area contributed by atoms with E-state index in [0.717, 1.165) is 24.5 Å². The third kappa shape index (κ3) is 2.19. The summed E-state index contributed by atoms with van der Waals surface area (Å²) >= 11 is 0. The Morgan fingerprint density at radius 2 is 2.47 bits per heavy atom. The Hall–Kier alpha value is -1.32. The number of aromatic nitrogens is 2. The number of rotatable bonds is 3. The fourth-order valence-corrected chi connectivity index (χ4v) is 1.97. The molecule has 0 aliphatic carbocycles. The number of aliphatic carboxylic acids is 1. The maximum Gasteiger partial charge on any atom is 0.306 e. The number of carboxylic acids is 1. The van der Waals surface area contributed by atoms with E-state index in [-0.39, 0.29) is 5.92 Å². The highest BCUT2D eigenvalue weighted by Gasteiger charge is 2.16. The van der Waals surface area contributed by atoms with E-state index in [1.165, 1.54) is 12.8 Å².